The second-order valence-corrected chi connectivity index (χ2v) is 9.60. The fourth-order valence-corrected chi connectivity index (χ4v) is 5.07. The Morgan fingerprint density at radius 1 is 0.421 bits per heavy atom. The largest absolute Gasteiger partial charge is 0.355 e. The molecular weight excluding hydrogens is 488 g/mol. The molecule has 7 rings (SSSR count). The molecule has 1 aliphatic rings. The first kappa shape index (κ1) is 22.4. The van der Waals surface area contributed by atoms with Gasteiger partial charge in [0.15, 0.2) is 17.5 Å². The van der Waals surface area contributed by atoms with Gasteiger partial charge in [-0.25, -0.2) is 15.0 Å². The number of nitrogens with zero attached hydrogens (tertiary/aromatic N) is 3. The number of halogens is 1. The molecular formula is C33H21ClN4. The zero-order valence-corrected chi connectivity index (χ0v) is 21.0. The van der Waals surface area contributed by atoms with Gasteiger partial charge in [-0.05, 0) is 47.5 Å². The normalized spacial score (nSPS) is 11.5. The number of rotatable bonds is 3. The van der Waals surface area contributed by atoms with E-state index in [2.05, 4.69) is 47.8 Å². The Hall–Kier alpha value is -4.80. The van der Waals surface area contributed by atoms with E-state index in [-0.39, 0.29) is 0 Å². The molecule has 1 N–H and O–H groups in total. The van der Waals surface area contributed by atoms with Gasteiger partial charge in [-0.1, -0.05) is 96.5 Å². The van der Waals surface area contributed by atoms with Crippen molar-refractivity contribution in [2.24, 2.45) is 0 Å². The van der Waals surface area contributed by atoms with E-state index in [9.17, 15) is 0 Å². The van der Waals surface area contributed by atoms with E-state index in [1.807, 2.05) is 78.9 Å². The predicted molar refractivity (Wildman–Crippen MR) is 155 cm³/mol. The molecule has 1 aromatic heterocycles. The van der Waals surface area contributed by atoms with E-state index in [1.165, 1.54) is 0 Å². The Kier molecular flexibility index (Phi) is 5.46. The molecule has 0 spiro atoms. The number of aromatic nitrogens is 3. The van der Waals surface area contributed by atoms with Crippen LogP contribution < -0.4 is 5.32 Å². The molecule has 0 saturated carbocycles. The highest BCUT2D eigenvalue weighted by Gasteiger charge is 2.21. The lowest BCUT2D eigenvalue weighted by Gasteiger charge is -2.13. The van der Waals surface area contributed by atoms with Crippen molar-refractivity contribution in [3.05, 3.63) is 126 Å². The summed E-state index contributed by atoms with van der Waals surface area (Å²) in [6.45, 7) is 0. The minimum Gasteiger partial charge on any atom is -0.355 e. The Labute approximate surface area is 225 Å². The molecule has 2 heterocycles. The standard InChI is InChI=1S/C33H21ClN4/c34-24-16-18-30-28(20-24)26-14-8-7-13-25(26)27-19-23(15-17-29(27)35-30)33-37-31(21-9-3-1-4-10-21)36-32(38-33)22-11-5-2-6-12-22/h1-20,35H. The van der Waals surface area contributed by atoms with Crippen molar-refractivity contribution in [3.8, 4) is 56.4 Å². The van der Waals surface area contributed by atoms with Crippen LogP contribution in [0.25, 0.3) is 56.4 Å². The molecule has 0 fully saturated rings. The van der Waals surface area contributed by atoms with Crippen LogP contribution in [-0.2, 0) is 0 Å². The first-order valence-electron chi connectivity index (χ1n) is 12.4. The summed E-state index contributed by atoms with van der Waals surface area (Å²) in [7, 11) is 0. The van der Waals surface area contributed by atoms with Crippen molar-refractivity contribution in [3.63, 3.8) is 0 Å². The molecule has 4 nitrogen and oxygen atoms in total. The van der Waals surface area contributed by atoms with Crippen molar-refractivity contribution in [1.82, 2.24) is 15.0 Å². The summed E-state index contributed by atoms with van der Waals surface area (Å²) in [5.41, 5.74) is 9.25. The van der Waals surface area contributed by atoms with Crippen molar-refractivity contribution >= 4 is 23.0 Å². The average molecular weight is 509 g/mol. The van der Waals surface area contributed by atoms with Crippen LogP contribution >= 0.6 is 11.6 Å². The maximum atomic E-state index is 6.39. The number of hydrogen-bond acceptors (Lipinski definition) is 4. The molecule has 180 valence electrons. The van der Waals surface area contributed by atoms with Gasteiger partial charge >= 0.3 is 0 Å². The Morgan fingerprint density at radius 2 is 0.895 bits per heavy atom. The van der Waals surface area contributed by atoms with Crippen molar-refractivity contribution in [2.75, 3.05) is 5.32 Å². The molecule has 38 heavy (non-hydrogen) atoms. The summed E-state index contributed by atoms with van der Waals surface area (Å²) < 4.78 is 0. The van der Waals surface area contributed by atoms with Crippen LogP contribution in [0.5, 0.6) is 0 Å². The second kappa shape index (κ2) is 9.25. The highest BCUT2D eigenvalue weighted by molar-refractivity contribution is 6.31. The summed E-state index contributed by atoms with van der Waals surface area (Å²) in [5.74, 6) is 1.91. The van der Waals surface area contributed by atoms with E-state index in [1.54, 1.807) is 0 Å². The van der Waals surface area contributed by atoms with Crippen LogP contribution in [-0.4, -0.2) is 15.0 Å². The number of fused-ring (bicyclic) bond motifs is 5. The number of benzene rings is 5. The lowest BCUT2D eigenvalue weighted by Crippen LogP contribution is -2.00. The molecule has 1 aliphatic heterocycles. The lowest BCUT2D eigenvalue weighted by atomic mass is 9.93. The molecule has 0 bridgehead atoms. The van der Waals surface area contributed by atoms with Gasteiger partial charge in [-0.15, -0.1) is 0 Å². The summed E-state index contributed by atoms with van der Waals surface area (Å²) in [5, 5.41) is 4.33. The Balaban J connectivity index is 1.43. The lowest BCUT2D eigenvalue weighted by molar-refractivity contribution is 1.07. The van der Waals surface area contributed by atoms with E-state index >= 15 is 0 Å². The van der Waals surface area contributed by atoms with E-state index in [0.29, 0.717) is 22.5 Å². The minimum atomic E-state index is 0.628. The summed E-state index contributed by atoms with van der Waals surface area (Å²) in [6.07, 6.45) is 0. The van der Waals surface area contributed by atoms with Crippen LogP contribution in [0, 0.1) is 0 Å². The quantitative estimate of drug-likeness (QED) is 0.259. The third-order valence-electron chi connectivity index (χ3n) is 6.74. The molecule has 0 radical (unpaired) electrons. The van der Waals surface area contributed by atoms with Crippen molar-refractivity contribution < 1.29 is 0 Å². The molecule has 5 heteroatoms. The molecule has 0 aliphatic carbocycles. The SMILES string of the molecule is Clc1ccc2c(c1)-c1ccccc1-c1cc(-c3nc(-c4ccccc4)nc(-c4ccccc4)n3)ccc1N2. The van der Waals surface area contributed by atoms with Gasteiger partial charge in [-0.3, -0.25) is 0 Å². The number of nitrogens with one attached hydrogen (secondary N) is 1. The van der Waals surface area contributed by atoms with E-state index in [4.69, 9.17) is 26.6 Å². The van der Waals surface area contributed by atoms with Gasteiger partial charge < -0.3 is 5.32 Å². The number of hydrogen-bond donors (Lipinski definition) is 1. The Morgan fingerprint density at radius 3 is 1.47 bits per heavy atom. The predicted octanol–water partition coefficient (Wildman–Crippen LogP) is 8.92. The maximum Gasteiger partial charge on any atom is 0.164 e. The smallest absolute Gasteiger partial charge is 0.164 e. The van der Waals surface area contributed by atoms with E-state index in [0.717, 1.165) is 50.3 Å². The highest BCUT2D eigenvalue weighted by atomic mass is 35.5. The van der Waals surface area contributed by atoms with Gasteiger partial charge in [0.05, 0.1) is 0 Å². The van der Waals surface area contributed by atoms with Crippen LogP contribution in [0.3, 0.4) is 0 Å². The molecule has 6 aromatic rings. The zero-order chi connectivity index (χ0) is 25.5. The first-order chi connectivity index (χ1) is 18.7. The fraction of sp³-hybridized carbons (Fsp3) is 0. The topological polar surface area (TPSA) is 50.7 Å². The summed E-state index contributed by atoms with van der Waals surface area (Å²) in [6, 6.07) is 40.7. The van der Waals surface area contributed by atoms with Crippen LogP contribution in [0.1, 0.15) is 0 Å². The zero-order valence-electron chi connectivity index (χ0n) is 20.3. The van der Waals surface area contributed by atoms with Crippen LogP contribution in [0.15, 0.2) is 121 Å². The Bertz CT molecular complexity index is 1740. The third-order valence-corrected chi connectivity index (χ3v) is 6.97. The molecule has 0 atom stereocenters. The van der Waals surface area contributed by atoms with Crippen molar-refractivity contribution in [2.45, 2.75) is 0 Å². The summed E-state index contributed by atoms with van der Waals surface area (Å²) in [4.78, 5) is 14.7. The van der Waals surface area contributed by atoms with Gasteiger partial charge in [0.25, 0.3) is 0 Å². The van der Waals surface area contributed by atoms with Gasteiger partial charge in [0.1, 0.15) is 0 Å². The summed E-state index contributed by atoms with van der Waals surface area (Å²) >= 11 is 6.39. The molecule has 0 saturated heterocycles. The average Bonchev–Trinajstić information content (AvgIpc) is 3.12. The highest BCUT2D eigenvalue weighted by Crippen LogP contribution is 2.45. The van der Waals surface area contributed by atoms with Crippen molar-refractivity contribution in [1.29, 1.82) is 0 Å². The second-order valence-electron chi connectivity index (χ2n) is 9.16. The first-order valence-corrected chi connectivity index (χ1v) is 12.8. The van der Waals surface area contributed by atoms with E-state index < -0.39 is 0 Å². The molecule has 0 unspecified atom stereocenters. The third kappa shape index (κ3) is 4.01. The van der Waals surface area contributed by atoms with Gasteiger partial charge in [-0.2, -0.15) is 0 Å². The minimum absolute atomic E-state index is 0.628. The molecule has 0 amide bonds. The molecule has 5 aromatic carbocycles. The monoisotopic (exact) mass is 508 g/mol. The number of anilines is 2. The van der Waals surface area contributed by atoms with Gasteiger partial charge in [0.2, 0.25) is 0 Å². The maximum absolute atomic E-state index is 6.39. The fourth-order valence-electron chi connectivity index (χ4n) is 4.90. The van der Waals surface area contributed by atoms with Crippen LogP contribution in [0.4, 0.5) is 11.4 Å². The van der Waals surface area contributed by atoms with Gasteiger partial charge in [0, 0.05) is 44.2 Å². The van der Waals surface area contributed by atoms with Crippen LogP contribution in [0.2, 0.25) is 5.02 Å².